The summed E-state index contributed by atoms with van der Waals surface area (Å²) in [6.45, 7) is -0.0524. The molecule has 0 aliphatic rings. The second-order valence-electron chi connectivity index (χ2n) is 5.57. The van der Waals surface area contributed by atoms with Gasteiger partial charge in [-0.2, -0.15) is 0 Å². The number of amides is 1. The Bertz CT molecular complexity index is 954. The van der Waals surface area contributed by atoms with Crippen LogP contribution in [-0.2, 0) is 13.2 Å². The lowest BCUT2D eigenvalue weighted by Gasteiger charge is -2.15. The van der Waals surface area contributed by atoms with E-state index in [4.69, 9.17) is 16.7 Å². The minimum absolute atomic E-state index is 0.0948. The Morgan fingerprint density at radius 1 is 1.11 bits per heavy atom. The third-order valence-electron chi connectivity index (χ3n) is 3.78. The van der Waals surface area contributed by atoms with E-state index < -0.39 is 6.09 Å². The smallest absolute Gasteiger partial charge is 0.404 e. The first kappa shape index (κ1) is 19.2. The summed E-state index contributed by atoms with van der Waals surface area (Å²) >= 11 is 7.84. The van der Waals surface area contributed by atoms with Gasteiger partial charge in [0.2, 0.25) is 0 Å². The fraction of sp³-hybridized carbons (Fsp3) is 0.105. The number of aliphatic hydroxyl groups is 1. The highest BCUT2D eigenvalue weighted by molar-refractivity contribution is 7.99. The number of halogens is 1. The van der Waals surface area contributed by atoms with Crippen molar-refractivity contribution in [3.63, 3.8) is 0 Å². The summed E-state index contributed by atoms with van der Waals surface area (Å²) in [5.41, 5.74) is 3.18. The molecule has 0 radical (unpaired) electrons. The Morgan fingerprint density at radius 3 is 2.59 bits per heavy atom. The number of carboxylic acid groups (broad SMARTS) is 1. The number of nitrogens with one attached hydrogen (secondary N) is 1. The van der Waals surface area contributed by atoms with E-state index in [0.717, 1.165) is 16.7 Å². The summed E-state index contributed by atoms with van der Waals surface area (Å²) in [6.07, 6.45) is 3.88. The molecule has 3 aromatic rings. The molecule has 6 nitrogen and oxygen atoms in total. The molecule has 1 aromatic carbocycles. The molecule has 0 saturated carbocycles. The van der Waals surface area contributed by atoms with Crippen molar-refractivity contribution in [2.24, 2.45) is 0 Å². The van der Waals surface area contributed by atoms with Gasteiger partial charge in [-0.05, 0) is 47.0 Å². The van der Waals surface area contributed by atoms with Gasteiger partial charge in [-0.1, -0.05) is 29.4 Å². The molecule has 0 bridgehead atoms. The number of nitrogens with zero attached hydrogens (tertiary/aromatic N) is 2. The van der Waals surface area contributed by atoms with Crippen LogP contribution in [0.3, 0.4) is 0 Å². The number of carbonyl (C=O) groups is 1. The van der Waals surface area contributed by atoms with Crippen LogP contribution >= 0.6 is 23.4 Å². The normalized spacial score (nSPS) is 10.6. The molecule has 8 heteroatoms. The van der Waals surface area contributed by atoms with Crippen LogP contribution in [0.5, 0.6) is 0 Å². The van der Waals surface area contributed by atoms with Crippen molar-refractivity contribution in [2.75, 3.05) is 0 Å². The predicted octanol–water partition coefficient (Wildman–Crippen LogP) is 4.21. The molecule has 138 valence electrons. The van der Waals surface area contributed by atoms with E-state index in [1.165, 1.54) is 11.8 Å². The monoisotopic (exact) mass is 401 g/mol. The predicted molar refractivity (Wildman–Crippen MR) is 104 cm³/mol. The van der Waals surface area contributed by atoms with Crippen molar-refractivity contribution in [1.82, 2.24) is 15.3 Å². The van der Waals surface area contributed by atoms with E-state index in [1.807, 2.05) is 24.3 Å². The first-order chi connectivity index (χ1) is 13.1. The lowest BCUT2D eigenvalue weighted by molar-refractivity contribution is 0.194. The van der Waals surface area contributed by atoms with Crippen molar-refractivity contribution < 1.29 is 15.0 Å². The molecule has 0 fully saturated rings. The van der Waals surface area contributed by atoms with Gasteiger partial charge < -0.3 is 15.5 Å². The number of aliphatic hydroxyl groups excluding tert-OH is 1. The zero-order valence-corrected chi connectivity index (χ0v) is 15.7. The van der Waals surface area contributed by atoms with Gasteiger partial charge in [0.15, 0.2) is 0 Å². The molecular formula is C19H16ClN3O3S. The van der Waals surface area contributed by atoms with Gasteiger partial charge in [0, 0.05) is 35.6 Å². The van der Waals surface area contributed by atoms with E-state index in [0.29, 0.717) is 20.5 Å². The Morgan fingerprint density at radius 2 is 1.89 bits per heavy atom. The van der Waals surface area contributed by atoms with E-state index in [9.17, 15) is 9.90 Å². The molecule has 0 unspecified atom stereocenters. The van der Waals surface area contributed by atoms with Crippen LogP contribution in [0.2, 0.25) is 5.02 Å². The fourth-order valence-corrected chi connectivity index (χ4v) is 3.85. The first-order valence-electron chi connectivity index (χ1n) is 8.00. The zero-order valence-electron chi connectivity index (χ0n) is 14.1. The first-order valence-corrected chi connectivity index (χ1v) is 9.20. The van der Waals surface area contributed by atoms with Gasteiger partial charge in [-0.15, -0.1) is 0 Å². The summed E-state index contributed by atoms with van der Waals surface area (Å²) < 4.78 is 0. The second kappa shape index (κ2) is 8.85. The summed E-state index contributed by atoms with van der Waals surface area (Å²) in [6, 6.07) is 11.0. The summed E-state index contributed by atoms with van der Waals surface area (Å²) in [4.78, 5) is 20.0. The van der Waals surface area contributed by atoms with Crippen LogP contribution in [-0.4, -0.2) is 26.3 Å². The average Bonchev–Trinajstić information content (AvgIpc) is 2.69. The highest BCUT2D eigenvalue weighted by atomic mass is 35.5. The molecule has 27 heavy (non-hydrogen) atoms. The van der Waals surface area contributed by atoms with E-state index in [1.54, 1.807) is 30.7 Å². The summed E-state index contributed by atoms with van der Waals surface area (Å²) in [5.74, 6) is 0. The van der Waals surface area contributed by atoms with Gasteiger partial charge >= 0.3 is 6.09 Å². The molecule has 0 spiro atoms. The summed E-state index contributed by atoms with van der Waals surface area (Å²) in [5, 5.41) is 22.0. The average molecular weight is 402 g/mol. The number of rotatable bonds is 6. The standard InChI is InChI=1S/C19H16ClN3O3S/c20-16-9-14(12-3-6-21-7-4-12)8-15(10-23-19(25)26)17(16)27-18-13(11-24)2-1-5-22-18/h1-9,23-24H,10-11H2,(H,25,26). The molecular weight excluding hydrogens is 386 g/mol. The molecule has 3 rings (SSSR count). The highest BCUT2D eigenvalue weighted by Crippen LogP contribution is 2.39. The summed E-state index contributed by atoms with van der Waals surface area (Å²) in [7, 11) is 0. The van der Waals surface area contributed by atoms with Crippen LogP contribution in [0.1, 0.15) is 11.1 Å². The molecule has 0 aliphatic heterocycles. The van der Waals surface area contributed by atoms with Gasteiger partial charge in [-0.3, -0.25) is 4.98 Å². The molecule has 2 aromatic heterocycles. The minimum atomic E-state index is -1.12. The maximum atomic E-state index is 11.0. The molecule has 0 atom stereocenters. The van der Waals surface area contributed by atoms with Crippen molar-refractivity contribution in [2.45, 2.75) is 23.1 Å². The van der Waals surface area contributed by atoms with Gasteiger partial charge in [-0.25, -0.2) is 9.78 Å². The maximum Gasteiger partial charge on any atom is 0.404 e. The van der Waals surface area contributed by atoms with Gasteiger partial charge in [0.25, 0.3) is 0 Å². The molecule has 0 aliphatic carbocycles. The molecule has 3 N–H and O–H groups in total. The Hall–Kier alpha value is -2.61. The quantitative estimate of drug-likeness (QED) is 0.572. The van der Waals surface area contributed by atoms with Gasteiger partial charge in [0.05, 0.1) is 11.6 Å². The Kier molecular flexibility index (Phi) is 6.28. The molecule has 1 amide bonds. The zero-order chi connectivity index (χ0) is 19.2. The van der Waals surface area contributed by atoms with E-state index in [2.05, 4.69) is 15.3 Å². The topological polar surface area (TPSA) is 95.3 Å². The lowest BCUT2D eigenvalue weighted by Crippen LogP contribution is -2.20. The Balaban J connectivity index is 2.04. The highest BCUT2D eigenvalue weighted by Gasteiger charge is 2.15. The van der Waals surface area contributed by atoms with Crippen LogP contribution in [0.25, 0.3) is 11.1 Å². The number of pyridine rings is 2. The van der Waals surface area contributed by atoms with E-state index >= 15 is 0 Å². The maximum absolute atomic E-state index is 11.0. The minimum Gasteiger partial charge on any atom is -0.465 e. The second-order valence-corrected chi connectivity index (χ2v) is 6.98. The SMILES string of the molecule is O=C(O)NCc1cc(-c2ccncc2)cc(Cl)c1Sc1ncccc1CO. The Labute approximate surface area is 165 Å². The van der Waals surface area contributed by atoms with Crippen LogP contribution in [0.4, 0.5) is 4.79 Å². The van der Waals surface area contributed by atoms with Crippen molar-refractivity contribution in [3.8, 4) is 11.1 Å². The number of benzene rings is 1. The fourth-order valence-electron chi connectivity index (χ4n) is 2.51. The number of aromatic nitrogens is 2. The third-order valence-corrected chi connectivity index (χ3v) is 5.44. The molecule has 2 heterocycles. The van der Waals surface area contributed by atoms with Gasteiger partial charge in [0.1, 0.15) is 5.03 Å². The van der Waals surface area contributed by atoms with Crippen LogP contribution in [0, 0.1) is 0 Å². The largest absolute Gasteiger partial charge is 0.465 e. The van der Waals surface area contributed by atoms with Crippen molar-refractivity contribution in [1.29, 1.82) is 0 Å². The lowest BCUT2D eigenvalue weighted by atomic mass is 10.0. The number of hydrogen-bond donors (Lipinski definition) is 3. The number of hydrogen-bond acceptors (Lipinski definition) is 5. The van der Waals surface area contributed by atoms with Crippen LogP contribution in [0.15, 0.2) is 64.9 Å². The van der Waals surface area contributed by atoms with Crippen molar-refractivity contribution >= 4 is 29.5 Å². The third kappa shape index (κ3) is 4.77. The molecule has 0 saturated heterocycles. The van der Waals surface area contributed by atoms with E-state index in [-0.39, 0.29) is 13.2 Å². The van der Waals surface area contributed by atoms with Crippen molar-refractivity contribution in [3.05, 3.63) is 71.1 Å². The van der Waals surface area contributed by atoms with Crippen LogP contribution < -0.4 is 5.32 Å².